The third kappa shape index (κ3) is 4.61. The van der Waals surface area contributed by atoms with Crippen LogP contribution in [0.4, 0.5) is 0 Å². The molecule has 0 aromatic carbocycles. The zero-order valence-corrected chi connectivity index (χ0v) is 10.6. The highest BCUT2D eigenvalue weighted by Gasteiger charge is 2.23. The second kappa shape index (κ2) is 7.22. The maximum absolute atomic E-state index is 11.9. The Morgan fingerprint density at radius 2 is 1.88 bits per heavy atom. The van der Waals surface area contributed by atoms with Crippen LogP contribution < -0.4 is 11.1 Å². The minimum atomic E-state index is -0.533. The third-order valence-electron chi connectivity index (χ3n) is 2.41. The normalized spacial score (nSPS) is 12.4. The van der Waals surface area contributed by atoms with Gasteiger partial charge in [-0.15, -0.1) is 0 Å². The summed E-state index contributed by atoms with van der Waals surface area (Å²) in [5.74, 6) is -0.229. The molecule has 1 unspecified atom stereocenters. The summed E-state index contributed by atoms with van der Waals surface area (Å²) in [5.41, 5.74) is 5.76. The molecule has 16 heavy (non-hydrogen) atoms. The summed E-state index contributed by atoms with van der Waals surface area (Å²) in [6.07, 6.45) is 0. The average Bonchev–Trinajstić information content (AvgIpc) is 2.24. The van der Waals surface area contributed by atoms with Crippen LogP contribution in [0.25, 0.3) is 0 Å². The Hall–Kier alpha value is -1.10. The van der Waals surface area contributed by atoms with Crippen molar-refractivity contribution in [2.45, 2.75) is 33.7 Å². The van der Waals surface area contributed by atoms with Crippen LogP contribution in [-0.2, 0) is 9.59 Å². The summed E-state index contributed by atoms with van der Waals surface area (Å²) in [6.45, 7) is 8.62. The molecule has 3 N–H and O–H groups in total. The molecular weight excluding hydrogens is 206 g/mol. The van der Waals surface area contributed by atoms with Crippen LogP contribution in [0.5, 0.6) is 0 Å². The van der Waals surface area contributed by atoms with E-state index in [0.29, 0.717) is 13.1 Å². The largest absolute Gasteiger partial charge is 0.355 e. The predicted octanol–water partition coefficient (Wildman–Crippen LogP) is -0.0457. The maximum atomic E-state index is 11.9. The number of carbonyl (C=O) groups is 2. The number of hydrogen-bond donors (Lipinski definition) is 2. The van der Waals surface area contributed by atoms with Crippen LogP contribution in [0.15, 0.2) is 0 Å². The van der Waals surface area contributed by atoms with Gasteiger partial charge in [0.15, 0.2) is 0 Å². The number of carbonyl (C=O) groups excluding carboxylic acids is 2. The molecule has 1 atom stereocenters. The van der Waals surface area contributed by atoms with Gasteiger partial charge in [-0.1, -0.05) is 13.8 Å². The molecule has 0 aliphatic rings. The van der Waals surface area contributed by atoms with Crippen molar-refractivity contribution in [1.29, 1.82) is 0 Å². The van der Waals surface area contributed by atoms with E-state index >= 15 is 0 Å². The number of nitrogens with two attached hydrogens (primary N) is 1. The van der Waals surface area contributed by atoms with Gasteiger partial charge in [-0.3, -0.25) is 9.59 Å². The van der Waals surface area contributed by atoms with Crippen LogP contribution in [-0.4, -0.2) is 42.4 Å². The molecule has 0 saturated carbocycles. The number of nitrogens with one attached hydrogen (secondary N) is 1. The molecule has 0 radical (unpaired) electrons. The Morgan fingerprint density at radius 3 is 2.25 bits per heavy atom. The molecule has 0 bridgehead atoms. The maximum Gasteiger partial charge on any atom is 0.240 e. The van der Waals surface area contributed by atoms with Gasteiger partial charge in [0.1, 0.15) is 0 Å². The van der Waals surface area contributed by atoms with Gasteiger partial charge in [-0.25, -0.2) is 0 Å². The van der Waals surface area contributed by atoms with Crippen molar-refractivity contribution in [3.8, 4) is 0 Å². The van der Waals surface area contributed by atoms with E-state index in [2.05, 4.69) is 5.32 Å². The lowest BCUT2D eigenvalue weighted by Crippen LogP contribution is -2.49. The van der Waals surface area contributed by atoms with E-state index in [9.17, 15) is 9.59 Å². The second-order valence-corrected chi connectivity index (χ2v) is 4.08. The first-order valence-electron chi connectivity index (χ1n) is 5.75. The summed E-state index contributed by atoms with van der Waals surface area (Å²) in [6, 6.07) is -0.533. The van der Waals surface area contributed by atoms with Gasteiger partial charge >= 0.3 is 0 Å². The molecule has 0 aliphatic heterocycles. The zero-order chi connectivity index (χ0) is 12.7. The Bertz CT molecular complexity index is 241. The third-order valence-corrected chi connectivity index (χ3v) is 2.41. The second-order valence-electron chi connectivity index (χ2n) is 4.08. The molecule has 0 saturated heterocycles. The van der Waals surface area contributed by atoms with Crippen molar-refractivity contribution in [2.24, 2.45) is 11.7 Å². The monoisotopic (exact) mass is 229 g/mol. The Kier molecular flexibility index (Phi) is 6.72. The minimum absolute atomic E-state index is 0.0794. The summed E-state index contributed by atoms with van der Waals surface area (Å²) in [4.78, 5) is 24.7. The lowest BCUT2D eigenvalue weighted by Gasteiger charge is -2.25. The van der Waals surface area contributed by atoms with Crippen molar-refractivity contribution in [3.63, 3.8) is 0 Å². The highest BCUT2D eigenvalue weighted by Crippen LogP contribution is 2.03. The average molecular weight is 229 g/mol. The Labute approximate surface area is 97.4 Å². The van der Waals surface area contributed by atoms with Crippen molar-refractivity contribution < 1.29 is 9.59 Å². The van der Waals surface area contributed by atoms with E-state index in [0.717, 1.165) is 0 Å². The molecule has 5 nitrogen and oxygen atoms in total. The predicted molar refractivity (Wildman–Crippen MR) is 63.8 cm³/mol. The van der Waals surface area contributed by atoms with Crippen LogP contribution in [0.2, 0.25) is 0 Å². The van der Waals surface area contributed by atoms with E-state index < -0.39 is 6.04 Å². The van der Waals surface area contributed by atoms with E-state index in [-0.39, 0.29) is 24.3 Å². The van der Waals surface area contributed by atoms with Gasteiger partial charge in [0.2, 0.25) is 11.8 Å². The lowest BCUT2D eigenvalue weighted by atomic mass is 10.0. The molecule has 0 aromatic rings. The van der Waals surface area contributed by atoms with Crippen molar-refractivity contribution in [1.82, 2.24) is 10.2 Å². The molecule has 0 rings (SSSR count). The first kappa shape index (κ1) is 14.9. The molecule has 0 aliphatic carbocycles. The Morgan fingerprint density at radius 1 is 1.31 bits per heavy atom. The number of rotatable bonds is 6. The smallest absolute Gasteiger partial charge is 0.240 e. The van der Waals surface area contributed by atoms with Gasteiger partial charge in [-0.05, 0) is 19.8 Å². The number of likely N-dealkylation sites (N-methyl/N-ethyl adjacent to an activating group) is 2. The van der Waals surface area contributed by atoms with E-state index in [1.165, 1.54) is 4.90 Å². The molecule has 0 spiro atoms. The standard InChI is InChI=1S/C11H23N3O2/c1-5-13-9(15)7-14(6-2)11(16)10(12)8(3)4/h8,10H,5-7,12H2,1-4H3,(H,13,15). The summed E-state index contributed by atoms with van der Waals surface area (Å²) >= 11 is 0. The first-order chi connectivity index (χ1) is 7.43. The molecule has 0 heterocycles. The van der Waals surface area contributed by atoms with Crippen LogP contribution >= 0.6 is 0 Å². The van der Waals surface area contributed by atoms with Gasteiger partial charge in [-0.2, -0.15) is 0 Å². The summed E-state index contributed by atoms with van der Waals surface area (Å²) in [7, 11) is 0. The highest BCUT2D eigenvalue weighted by molar-refractivity contribution is 5.87. The molecule has 94 valence electrons. The quantitative estimate of drug-likeness (QED) is 0.671. The lowest BCUT2D eigenvalue weighted by molar-refractivity contribution is -0.137. The number of nitrogens with zero attached hydrogens (tertiary/aromatic N) is 1. The molecule has 0 aromatic heterocycles. The fourth-order valence-corrected chi connectivity index (χ4v) is 1.27. The van der Waals surface area contributed by atoms with Gasteiger partial charge in [0.25, 0.3) is 0 Å². The van der Waals surface area contributed by atoms with Crippen LogP contribution in [0.3, 0.4) is 0 Å². The molecule has 5 heteroatoms. The minimum Gasteiger partial charge on any atom is -0.355 e. The molecule has 2 amide bonds. The summed E-state index contributed by atoms with van der Waals surface area (Å²) in [5, 5.41) is 2.66. The van der Waals surface area contributed by atoms with Crippen molar-refractivity contribution >= 4 is 11.8 Å². The van der Waals surface area contributed by atoms with Crippen molar-refractivity contribution in [3.05, 3.63) is 0 Å². The van der Waals surface area contributed by atoms with Crippen LogP contribution in [0, 0.1) is 5.92 Å². The van der Waals surface area contributed by atoms with E-state index in [1.54, 1.807) is 0 Å². The summed E-state index contributed by atoms with van der Waals surface area (Å²) < 4.78 is 0. The highest BCUT2D eigenvalue weighted by atomic mass is 16.2. The number of amides is 2. The fourth-order valence-electron chi connectivity index (χ4n) is 1.27. The van der Waals surface area contributed by atoms with E-state index in [4.69, 9.17) is 5.73 Å². The Balaban J connectivity index is 4.38. The first-order valence-corrected chi connectivity index (χ1v) is 5.75. The van der Waals surface area contributed by atoms with Crippen LogP contribution in [0.1, 0.15) is 27.7 Å². The zero-order valence-electron chi connectivity index (χ0n) is 10.6. The fraction of sp³-hybridized carbons (Fsp3) is 0.818. The van der Waals surface area contributed by atoms with Gasteiger partial charge in [0, 0.05) is 13.1 Å². The number of hydrogen-bond acceptors (Lipinski definition) is 3. The molecule has 0 fully saturated rings. The van der Waals surface area contributed by atoms with Gasteiger partial charge < -0.3 is 16.0 Å². The van der Waals surface area contributed by atoms with E-state index in [1.807, 2.05) is 27.7 Å². The topological polar surface area (TPSA) is 75.4 Å². The van der Waals surface area contributed by atoms with Gasteiger partial charge in [0.05, 0.1) is 12.6 Å². The SMILES string of the molecule is CCNC(=O)CN(CC)C(=O)C(N)C(C)C. The van der Waals surface area contributed by atoms with Crippen molar-refractivity contribution in [2.75, 3.05) is 19.6 Å². The molecular formula is C11H23N3O2.